The first kappa shape index (κ1) is 19.6. The summed E-state index contributed by atoms with van der Waals surface area (Å²) in [5, 5.41) is 0.415. The van der Waals surface area contributed by atoms with Gasteiger partial charge in [0.15, 0.2) is 0 Å². The molecule has 3 rings (SSSR count). The molecule has 0 amide bonds. The summed E-state index contributed by atoms with van der Waals surface area (Å²) in [6.45, 7) is 6.41. The summed E-state index contributed by atoms with van der Waals surface area (Å²) in [5.41, 5.74) is 1.08. The van der Waals surface area contributed by atoms with E-state index in [1.54, 1.807) is 31.2 Å². The van der Waals surface area contributed by atoms with Crippen LogP contribution in [-0.4, -0.2) is 19.5 Å². The first-order valence-electron chi connectivity index (χ1n) is 8.72. The smallest absolute Gasteiger partial charge is 0.365 e. The molecule has 1 aliphatic heterocycles. The molecule has 1 heterocycles. The van der Waals surface area contributed by atoms with E-state index in [0.717, 1.165) is 11.8 Å². The number of carbonyl (C=O) groups is 1. The minimum Gasteiger partial charge on any atom is -0.461 e. The van der Waals surface area contributed by atoms with Gasteiger partial charge in [0.1, 0.15) is 23.1 Å². The summed E-state index contributed by atoms with van der Waals surface area (Å²) in [6, 6.07) is 16.0. The van der Waals surface area contributed by atoms with Crippen molar-refractivity contribution in [3.8, 4) is 5.75 Å². The third-order valence-electron chi connectivity index (χ3n) is 4.19. The summed E-state index contributed by atoms with van der Waals surface area (Å²) in [7, 11) is -3.54. The van der Waals surface area contributed by atoms with Crippen molar-refractivity contribution in [3.05, 3.63) is 71.5 Å². The molecule has 0 aliphatic carbocycles. The lowest BCUT2D eigenvalue weighted by Gasteiger charge is -2.35. The zero-order valence-corrected chi connectivity index (χ0v) is 16.6. The standard InChI is InChI=1S/C21H23O5P/c1-16(26-19-11-9-17(13-22)10-12-19)20(18-7-5-4-6-8-18)27(23)24-14-21(2,3)15-25-27/h4-13H,14-15H2,1-3H3/b20-16-. The van der Waals surface area contributed by atoms with Gasteiger partial charge in [-0.05, 0) is 36.8 Å². The van der Waals surface area contributed by atoms with Crippen LogP contribution in [0.2, 0.25) is 0 Å². The minimum absolute atomic E-state index is 0.199. The lowest BCUT2D eigenvalue weighted by molar-refractivity contribution is 0.0465. The quantitative estimate of drug-likeness (QED) is 0.384. The maximum absolute atomic E-state index is 13.5. The van der Waals surface area contributed by atoms with Crippen molar-refractivity contribution in [2.24, 2.45) is 5.41 Å². The number of benzene rings is 2. The fourth-order valence-electron chi connectivity index (χ4n) is 2.72. The Bertz CT molecular complexity index is 871. The Labute approximate surface area is 159 Å². The Morgan fingerprint density at radius 1 is 1.04 bits per heavy atom. The second-order valence-electron chi connectivity index (χ2n) is 7.27. The Kier molecular flexibility index (Phi) is 5.66. The highest BCUT2D eigenvalue weighted by atomic mass is 31.2. The van der Waals surface area contributed by atoms with Gasteiger partial charge in [-0.2, -0.15) is 0 Å². The highest BCUT2D eigenvalue weighted by Crippen LogP contribution is 2.64. The van der Waals surface area contributed by atoms with Gasteiger partial charge in [0.25, 0.3) is 0 Å². The molecule has 2 aromatic carbocycles. The number of rotatable bonds is 5. The number of hydrogen-bond donors (Lipinski definition) is 0. The number of carbonyl (C=O) groups excluding carboxylic acids is 1. The fourth-order valence-corrected chi connectivity index (χ4v) is 4.99. The van der Waals surface area contributed by atoms with Crippen molar-refractivity contribution in [3.63, 3.8) is 0 Å². The topological polar surface area (TPSA) is 61.8 Å². The first-order valence-corrected chi connectivity index (χ1v) is 10.3. The molecule has 0 bridgehead atoms. The van der Waals surface area contributed by atoms with E-state index in [-0.39, 0.29) is 5.41 Å². The average Bonchev–Trinajstić information content (AvgIpc) is 2.66. The molecule has 5 nitrogen and oxygen atoms in total. The lowest BCUT2D eigenvalue weighted by atomic mass is 9.97. The van der Waals surface area contributed by atoms with E-state index in [4.69, 9.17) is 13.8 Å². The number of aldehydes is 1. The zero-order valence-electron chi connectivity index (χ0n) is 15.7. The van der Waals surface area contributed by atoms with E-state index in [2.05, 4.69) is 0 Å². The van der Waals surface area contributed by atoms with Gasteiger partial charge in [-0.25, -0.2) is 0 Å². The molecule has 0 unspecified atom stereocenters. The van der Waals surface area contributed by atoms with E-state index in [0.29, 0.717) is 35.6 Å². The van der Waals surface area contributed by atoms with Crippen LogP contribution >= 0.6 is 7.60 Å². The van der Waals surface area contributed by atoms with Gasteiger partial charge >= 0.3 is 7.60 Å². The number of allylic oxidation sites excluding steroid dienone is 1. The average molecular weight is 386 g/mol. The molecule has 0 spiro atoms. The molecule has 6 heteroatoms. The number of ether oxygens (including phenoxy) is 1. The van der Waals surface area contributed by atoms with Crippen molar-refractivity contribution in [2.75, 3.05) is 13.2 Å². The molecular formula is C21H23O5P. The van der Waals surface area contributed by atoms with Gasteiger partial charge in [-0.3, -0.25) is 9.36 Å². The van der Waals surface area contributed by atoms with Gasteiger partial charge in [0.2, 0.25) is 0 Å². The minimum atomic E-state index is -3.54. The molecule has 1 saturated heterocycles. The Morgan fingerprint density at radius 3 is 2.19 bits per heavy atom. The summed E-state index contributed by atoms with van der Waals surface area (Å²) >= 11 is 0. The Balaban J connectivity index is 1.99. The monoisotopic (exact) mass is 386 g/mol. The summed E-state index contributed by atoms with van der Waals surface area (Å²) in [4.78, 5) is 10.8. The van der Waals surface area contributed by atoms with Crippen LogP contribution in [0.3, 0.4) is 0 Å². The maximum atomic E-state index is 13.5. The third-order valence-corrected chi connectivity index (χ3v) is 6.25. The van der Waals surface area contributed by atoms with Gasteiger partial charge in [-0.15, -0.1) is 0 Å². The van der Waals surface area contributed by atoms with Crippen LogP contribution in [0.1, 0.15) is 36.7 Å². The van der Waals surface area contributed by atoms with E-state index in [1.165, 1.54) is 0 Å². The van der Waals surface area contributed by atoms with Gasteiger partial charge in [0.05, 0.1) is 13.2 Å². The van der Waals surface area contributed by atoms with E-state index >= 15 is 0 Å². The van der Waals surface area contributed by atoms with Crippen LogP contribution in [0.15, 0.2) is 60.4 Å². The summed E-state index contributed by atoms with van der Waals surface area (Å²) in [6.07, 6.45) is 0.769. The molecule has 2 aromatic rings. The van der Waals surface area contributed by atoms with Crippen LogP contribution in [0.5, 0.6) is 5.75 Å². The summed E-state index contributed by atoms with van der Waals surface area (Å²) in [5.74, 6) is 0.971. The van der Waals surface area contributed by atoms with Gasteiger partial charge in [0, 0.05) is 11.0 Å². The predicted octanol–water partition coefficient (Wildman–Crippen LogP) is 5.53. The Hall–Kier alpha value is -2.20. The maximum Gasteiger partial charge on any atom is 0.365 e. The highest BCUT2D eigenvalue weighted by molar-refractivity contribution is 7.65. The highest BCUT2D eigenvalue weighted by Gasteiger charge is 2.41. The molecule has 27 heavy (non-hydrogen) atoms. The molecule has 0 saturated carbocycles. The molecule has 0 atom stereocenters. The number of hydrogen-bond acceptors (Lipinski definition) is 5. The van der Waals surface area contributed by atoms with Crippen LogP contribution in [0.25, 0.3) is 5.31 Å². The van der Waals surface area contributed by atoms with Gasteiger partial charge in [-0.1, -0.05) is 44.2 Å². The molecular weight excluding hydrogens is 363 g/mol. The largest absolute Gasteiger partial charge is 0.461 e. The molecule has 0 radical (unpaired) electrons. The van der Waals surface area contributed by atoms with Crippen molar-refractivity contribution in [1.29, 1.82) is 0 Å². The molecule has 1 fully saturated rings. The normalized spacial score (nSPS) is 19.1. The van der Waals surface area contributed by atoms with E-state index < -0.39 is 7.60 Å². The zero-order chi connectivity index (χ0) is 19.5. The van der Waals surface area contributed by atoms with Crippen LogP contribution < -0.4 is 4.74 Å². The molecule has 1 aliphatic rings. The lowest BCUT2D eigenvalue weighted by Crippen LogP contribution is -2.29. The fraction of sp³-hybridized carbons (Fsp3) is 0.286. The third kappa shape index (κ3) is 4.56. The van der Waals surface area contributed by atoms with Crippen LogP contribution in [-0.2, 0) is 13.6 Å². The van der Waals surface area contributed by atoms with E-state index in [1.807, 2.05) is 44.2 Å². The second kappa shape index (κ2) is 7.81. The van der Waals surface area contributed by atoms with Crippen LogP contribution in [0.4, 0.5) is 0 Å². The molecule has 0 aromatic heterocycles. The predicted molar refractivity (Wildman–Crippen MR) is 105 cm³/mol. The van der Waals surface area contributed by atoms with Crippen molar-refractivity contribution < 1.29 is 23.1 Å². The summed E-state index contributed by atoms with van der Waals surface area (Å²) < 4.78 is 30.9. The molecule has 142 valence electrons. The first-order chi connectivity index (χ1) is 12.8. The molecule has 0 N–H and O–H groups in total. The van der Waals surface area contributed by atoms with E-state index in [9.17, 15) is 9.36 Å². The van der Waals surface area contributed by atoms with Gasteiger partial charge < -0.3 is 13.8 Å². The Morgan fingerprint density at radius 2 is 1.63 bits per heavy atom. The van der Waals surface area contributed by atoms with Crippen molar-refractivity contribution in [2.45, 2.75) is 20.8 Å². The van der Waals surface area contributed by atoms with Crippen LogP contribution in [0, 0.1) is 5.41 Å². The second-order valence-corrected chi connectivity index (χ2v) is 9.23. The SMILES string of the molecule is C/C(Oc1ccc(C=O)cc1)=C(\c1ccccc1)P1(=O)OCC(C)(C)CO1. The van der Waals surface area contributed by atoms with Crippen molar-refractivity contribution in [1.82, 2.24) is 0 Å². The van der Waals surface area contributed by atoms with Crippen molar-refractivity contribution >= 4 is 19.2 Å².